The number of amides is 2. The lowest BCUT2D eigenvalue weighted by Gasteiger charge is -2.33. The fraction of sp³-hybridized carbons (Fsp3) is 0.500. The number of hydrogen-bond acceptors (Lipinski definition) is 3. The Labute approximate surface area is 124 Å². The average molecular weight is 288 g/mol. The molecule has 112 valence electrons. The Morgan fingerprint density at radius 3 is 2.81 bits per heavy atom. The van der Waals surface area contributed by atoms with Gasteiger partial charge in [0.15, 0.2) is 0 Å². The van der Waals surface area contributed by atoms with Crippen LogP contribution in [-0.2, 0) is 20.7 Å². The Hall–Kier alpha value is -1.88. The first-order valence-corrected chi connectivity index (χ1v) is 7.34. The number of carbonyl (C=O) groups is 2. The van der Waals surface area contributed by atoms with Gasteiger partial charge in [0.1, 0.15) is 6.61 Å². The van der Waals surface area contributed by atoms with Crippen LogP contribution in [0, 0.1) is 0 Å². The predicted molar refractivity (Wildman–Crippen MR) is 77.6 cm³/mol. The molecular formula is C16H20N2O3. The van der Waals surface area contributed by atoms with Gasteiger partial charge in [-0.05, 0) is 12.0 Å². The molecule has 2 heterocycles. The van der Waals surface area contributed by atoms with Crippen LogP contribution in [0.4, 0.5) is 0 Å². The number of rotatable bonds is 3. The van der Waals surface area contributed by atoms with Crippen LogP contribution in [-0.4, -0.2) is 60.5 Å². The summed E-state index contributed by atoms with van der Waals surface area (Å²) in [6, 6.07) is 10.0. The highest BCUT2D eigenvalue weighted by atomic mass is 16.5. The monoisotopic (exact) mass is 288 g/mol. The highest BCUT2D eigenvalue weighted by Crippen LogP contribution is 2.23. The first-order valence-electron chi connectivity index (χ1n) is 7.34. The van der Waals surface area contributed by atoms with Crippen LogP contribution < -0.4 is 0 Å². The number of likely N-dealkylation sites (N-methyl/N-ethyl adjacent to an activating group) is 1. The standard InChI is InChI=1S/C16H20N2O3/c1-17-13-9-18(10-14(13)21-11-16(17)20)15(19)8-7-12-5-3-2-4-6-12/h2-6,13-14H,7-11H2,1H3/t13-,14+/m0/s1. The molecule has 2 aliphatic rings. The summed E-state index contributed by atoms with van der Waals surface area (Å²) >= 11 is 0. The van der Waals surface area contributed by atoms with Crippen molar-refractivity contribution in [2.24, 2.45) is 0 Å². The Kier molecular flexibility index (Phi) is 3.92. The van der Waals surface area contributed by atoms with Crippen LogP contribution in [0.1, 0.15) is 12.0 Å². The Bertz CT molecular complexity index is 532. The average Bonchev–Trinajstić information content (AvgIpc) is 2.95. The van der Waals surface area contributed by atoms with Gasteiger partial charge in [-0.3, -0.25) is 9.59 Å². The summed E-state index contributed by atoms with van der Waals surface area (Å²) in [5, 5.41) is 0. The highest BCUT2D eigenvalue weighted by molar-refractivity contribution is 5.80. The van der Waals surface area contributed by atoms with Crippen molar-refractivity contribution < 1.29 is 14.3 Å². The van der Waals surface area contributed by atoms with Gasteiger partial charge in [0.05, 0.1) is 12.1 Å². The number of ether oxygens (including phenoxy) is 1. The molecule has 0 saturated carbocycles. The summed E-state index contributed by atoms with van der Waals surface area (Å²) in [5.74, 6) is 0.132. The fourth-order valence-electron chi connectivity index (χ4n) is 3.02. The molecule has 1 aromatic rings. The van der Waals surface area contributed by atoms with E-state index in [9.17, 15) is 9.59 Å². The first kappa shape index (κ1) is 14.1. The molecule has 2 aliphatic heterocycles. The molecule has 3 rings (SSSR count). The van der Waals surface area contributed by atoms with E-state index in [1.807, 2.05) is 35.2 Å². The van der Waals surface area contributed by atoms with E-state index < -0.39 is 0 Å². The maximum absolute atomic E-state index is 12.3. The van der Waals surface area contributed by atoms with Crippen molar-refractivity contribution in [2.75, 3.05) is 26.7 Å². The van der Waals surface area contributed by atoms with Crippen molar-refractivity contribution in [2.45, 2.75) is 25.0 Å². The van der Waals surface area contributed by atoms with Gasteiger partial charge in [-0.2, -0.15) is 0 Å². The molecule has 2 atom stereocenters. The second kappa shape index (κ2) is 5.85. The van der Waals surface area contributed by atoms with E-state index in [0.29, 0.717) is 19.5 Å². The number of carbonyl (C=O) groups excluding carboxylic acids is 2. The van der Waals surface area contributed by atoms with Gasteiger partial charge in [-0.25, -0.2) is 0 Å². The van der Waals surface area contributed by atoms with E-state index in [4.69, 9.17) is 4.74 Å². The maximum Gasteiger partial charge on any atom is 0.248 e. The molecular weight excluding hydrogens is 268 g/mol. The molecule has 5 nitrogen and oxygen atoms in total. The quantitative estimate of drug-likeness (QED) is 0.822. The van der Waals surface area contributed by atoms with Crippen molar-refractivity contribution in [3.8, 4) is 0 Å². The third-order valence-electron chi connectivity index (χ3n) is 4.37. The lowest BCUT2D eigenvalue weighted by Crippen LogP contribution is -2.51. The van der Waals surface area contributed by atoms with Gasteiger partial charge >= 0.3 is 0 Å². The molecule has 21 heavy (non-hydrogen) atoms. The Morgan fingerprint density at radius 1 is 1.29 bits per heavy atom. The van der Waals surface area contributed by atoms with Crippen molar-refractivity contribution in [1.29, 1.82) is 0 Å². The normalized spacial score (nSPS) is 25.1. The van der Waals surface area contributed by atoms with Crippen LogP contribution in [0.5, 0.6) is 0 Å². The predicted octanol–water partition coefficient (Wildman–Crippen LogP) is 0.687. The molecule has 2 amide bonds. The first-order chi connectivity index (χ1) is 10.1. The minimum atomic E-state index is -0.0339. The van der Waals surface area contributed by atoms with Gasteiger partial charge in [-0.15, -0.1) is 0 Å². The minimum Gasteiger partial charge on any atom is -0.364 e. The molecule has 5 heteroatoms. The van der Waals surface area contributed by atoms with Crippen LogP contribution in [0.3, 0.4) is 0 Å². The van der Waals surface area contributed by atoms with Gasteiger partial charge < -0.3 is 14.5 Å². The van der Waals surface area contributed by atoms with E-state index in [0.717, 1.165) is 6.42 Å². The van der Waals surface area contributed by atoms with Crippen molar-refractivity contribution in [1.82, 2.24) is 9.80 Å². The smallest absolute Gasteiger partial charge is 0.248 e. The molecule has 2 fully saturated rings. The van der Waals surface area contributed by atoms with Crippen molar-refractivity contribution >= 4 is 11.8 Å². The van der Waals surface area contributed by atoms with E-state index in [1.165, 1.54) is 5.56 Å². The number of likely N-dealkylation sites (tertiary alicyclic amines) is 1. The molecule has 0 unspecified atom stereocenters. The topological polar surface area (TPSA) is 49.9 Å². The molecule has 0 aliphatic carbocycles. The molecule has 0 radical (unpaired) electrons. The second-order valence-electron chi connectivity index (χ2n) is 5.71. The number of benzene rings is 1. The number of hydrogen-bond donors (Lipinski definition) is 0. The number of morpholine rings is 1. The molecule has 0 aromatic heterocycles. The van der Waals surface area contributed by atoms with E-state index in [2.05, 4.69) is 0 Å². The Balaban J connectivity index is 1.56. The number of aryl methyl sites for hydroxylation is 1. The Morgan fingerprint density at radius 2 is 2.05 bits per heavy atom. The lowest BCUT2D eigenvalue weighted by molar-refractivity contribution is -0.150. The summed E-state index contributed by atoms with van der Waals surface area (Å²) in [6.45, 7) is 1.31. The van der Waals surface area contributed by atoms with Gasteiger partial charge in [0, 0.05) is 26.6 Å². The lowest BCUT2D eigenvalue weighted by atomic mass is 10.1. The highest BCUT2D eigenvalue weighted by Gasteiger charge is 2.42. The zero-order valence-electron chi connectivity index (χ0n) is 12.2. The molecule has 1 aromatic carbocycles. The minimum absolute atomic E-state index is 0.00478. The van der Waals surface area contributed by atoms with Crippen LogP contribution in [0.2, 0.25) is 0 Å². The van der Waals surface area contributed by atoms with Crippen molar-refractivity contribution in [3.63, 3.8) is 0 Å². The molecule has 0 bridgehead atoms. The SMILES string of the molecule is CN1C(=O)CO[C@@H]2CN(C(=O)CCc3ccccc3)C[C@@H]21. The summed E-state index contributed by atoms with van der Waals surface area (Å²) < 4.78 is 5.54. The van der Waals surface area contributed by atoms with Crippen molar-refractivity contribution in [3.05, 3.63) is 35.9 Å². The second-order valence-corrected chi connectivity index (χ2v) is 5.71. The third kappa shape index (κ3) is 2.93. The summed E-state index contributed by atoms with van der Waals surface area (Å²) in [5.41, 5.74) is 1.17. The van der Waals surface area contributed by atoms with Gasteiger partial charge in [0.2, 0.25) is 11.8 Å². The number of nitrogens with zero attached hydrogens (tertiary/aromatic N) is 2. The van der Waals surface area contributed by atoms with Gasteiger partial charge in [0.25, 0.3) is 0 Å². The largest absolute Gasteiger partial charge is 0.364 e. The van der Waals surface area contributed by atoms with Crippen LogP contribution >= 0.6 is 0 Å². The molecule has 0 spiro atoms. The van der Waals surface area contributed by atoms with Crippen LogP contribution in [0.15, 0.2) is 30.3 Å². The van der Waals surface area contributed by atoms with Gasteiger partial charge in [-0.1, -0.05) is 30.3 Å². The summed E-state index contributed by atoms with van der Waals surface area (Å²) in [6.07, 6.45) is 1.22. The maximum atomic E-state index is 12.3. The zero-order valence-corrected chi connectivity index (χ0v) is 12.2. The van der Waals surface area contributed by atoms with Crippen LogP contribution in [0.25, 0.3) is 0 Å². The van der Waals surface area contributed by atoms with E-state index >= 15 is 0 Å². The number of fused-ring (bicyclic) bond motifs is 1. The fourth-order valence-corrected chi connectivity index (χ4v) is 3.02. The molecule has 0 N–H and O–H groups in total. The zero-order chi connectivity index (χ0) is 14.8. The third-order valence-corrected chi connectivity index (χ3v) is 4.37. The van der Waals surface area contributed by atoms with E-state index in [-0.39, 0.29) is 30.6 Å². The summed E-state index contributed by atoms with van der Waals surface area (Å²) in [4.78, 5) is 27.5. The molecule has 2 saturated heterocycles. The van der Waals surface area contributed by atoms with E-state index in [1.54, 1.807) is 11.9 Å². The summed E-state index contributed by atoms with van der Waals surface area (Å²) in [7, 11) is 1.79.